The largest absolute Gasteiger partial charge is 0.465 e. The molecule has 6 heteroatoms. The Kier molecular flexibility index (Phi) is 5.65. The number of benzene rings is 1. The number of hydrogen-bond donors (Lipinski definition) is 1. The Bertz CT molecular complexity index is 627. The molecule has 2 aromatic rings. The summed E-state index contributed by atoms with van der Waals surface area (Å²) in [4.78, 5) is 14.1. The van der Waals surface area contributed by atoms with Crippen LogP contribution in [0.3, 0.4) is 0 Å². The van der Waals surface area contributed by atoms with Crippen molar-refractivity contribution >= 4 is 17.3 Å². The van der Waals surface area contributed by atoms with Crippen molar-refractivity contribution in [3.05, 3.63) is 57.5 Å². The van der Waals surface area contributed by atoms with Crippen LogP contribution < -0.4 is 0 Å². The van der Waals surface area contributed by atoms with Gasteiger partial charge in [-0.15, -0.1) is 11.3 Å². The van der Waals surface area contributed by atoms with Gasteiger partial charge in [-0.3, -0.25) is 4.90 Å². The second-order valence-electron chi connectivity index (χ2n) is 5.03. The van der Waals surface area contributed by atoms with Crippen LogP contribution in [0.25, 0.3) is 0 Å². The number of hydrogen-bond acceptors (Lipinski definition) is 5. The SMILES string of the molecule is COC(=O)c1sccc1CN(C)CC(O)c1ccc(F)cc1. The first-order valence-electron chi connectivity index (χ1n) is 6.78. The Labute approximate surface area is 132 Å². The average Bonchev–Trinajstić information content (AvgIpc) is 2.95. The molecule has 0 fully saturated rings. The molecular weight excluding hydrogens is 305 g/mol. The van der Waals surface area contributed by atoms with Gasteiger partial charge in [0, 0.05) is 13.1 Å². The molecule has 22 heavy (non-hydrogen) atoms. The number of aliphatic hydroxyl groups is 1. The lowest BCUT2D eigenvalue weighted by Crippen LogP contribution is -2.24. The normalized spacial score (nSPS) is 12.4. The van der Waals surface area contributed by atoms with E-state index in [1.165, 1.54) is 30.6 Å². The molecule has 4 nitrogen and oxygen atoms in total. The number of carbonyl (C=O) groups is 1. The number of methoxy groups -OCH3 is 1. The highest BCUT2D eigenvalue weighted by atomic mass is 32.1. The van der Waals surface area contributed by atoms with Gasteiger partial charge in [0.2, 0.25) is 0 Å². The first-order chi connectivity index (χ1) is 10.5. The predicted molar refractivity (Wildman–Crippen MR) is 83.4 cm³/mol. The number of ether oxygens (including phenoxy) is 1. The van der Waals surface area contributed by atoms with E-state index in [2.05, 4.69) is 0 Å². The first-order valence-corrected chi connectivity index (χ1v) is 7.66. The van der Waals surface area contributed by atoms with Gasteiger partial charge in [0.15, 0.2) is 0 Å². The smallest absolute Gasteiger partial charge is 0.348 e. The van der Waals surface area contributed by atoms with Crippen molar-refractivity contribution in [2.45, 2.75) is 12.6 Å². The maximum Gasteiger partial charge on any atom is 0.348 e. The van der Waals surface area contributed by atoms with E-state index in [1.807, 2.05) is 23.4 Å². The summed E-state index contributed by atoms with van der Waals surface area (Å²) in [5, 5.41) is 12.0. The van der Waals surface area contributed by atoms with Gasteiger partial charge in [-0.2, -0.15) is 0 Å². The van der Waals surface area contributed by atoms with E-state index in [9.17, 15) is 14.3 Å². The zero-order valence-corrected chi connectivity index (χ0v) is 13.3. The van der Waals surface area contributed by atoms with Crippen LogP contribution in [0.5, 0.6) is 0 Å². The van der Waals surface area contributed by atoms with Crippen molar-refractivity contribution in [2.24, 2.45) is 0 Å². The van der Waals surface area contributed by atoms with Gasteiger partial charge in [-0.25, -0.2) is 9.18 Å². The molecule has 0 aliphatic heterocycles. The molecule has 0 saturated carbocycles. The summed E-state index contributed by atoms with van der Waals surface area (Å²) >= 11 is 1.34. The molecule has 0 bridgehead atoms. The zero-order chi connectivity index (χ0) is 16.1. The molecular formula is C16H18FNO3S. The second kappa shape index (κ2) is 7.49. The Morgan fingerprint density at radius 3 is 2.68 bits per heavy atom. The van der Waals surface area contributed by atoms with Crippen molar-refractivity contribution in [1.29, 1.82) is 0 Å². The number of carbonyl (C=O) groups excluding carboxylic acids is 1. The van der Waals surface area contributed by atoms with E-state index in [4.69, 9.17) is 4.74 Å². The number of aliphatic hydroxyl groups excluding tert-OH is 1. The lowest BCUT2D eigenvalue weighted by atomic mass is 10.1. The Hall–Kier alpha value is -1.76. The van der Waals surface area contributed by atoms with Crippen LogP contribution in [0.4, 0.5) is 4.39 Å². The minimum absolute atomic E-state index is 0.328. The van der Waals surface area contributed by atoms with E-state index in [-0.39, 0.29) is 11.8 Å². The summed E-state index contributed by atoms with van der Waals surface area (Å²) in [5.41, 5.74) is 1.53. The predicted octanol–water partition coefficient (Wildman–Crippen LogP) is 2.84. The van der Waals surface area contributed by atoms with E-state index >= 15 is 0 Å². The summed E-state index contributed by atoms with van der Waals surface area (Å²) < 4.78 is 17.6. The summed E-state index contributed by atoms with van der Waals surface area (Å²) in [6, 6.07) is 7.66. The van der Waals surface area contributed by atoms with Crippen LogP contribution >= 0.6 is 11.3 Å². The van der Waals surface area contributed by atoms with Crippen molar-refractivity contribution in [3.63, 3.8) is 0 Å². The molecule has 1 heterocycles. The van der Waals surface area contributed by atoms with Crippen LogP contribution in [-0.4, -0.2) is 36.7 Å². The van der Waals surface area contributed by atoms with E-state index in [0.717, 1.165) is 5.56 Å². The fourth-order valence-electron chi connectivity index (χ4n) is 2.17. The fraction of sp³-hybridized carbons (Fsp3) is 0.312. The highest BCUT2D eigenvalue weighted by Gasteiger charge is 2.17. The summed E-state index contributed by atoms with van der Waals surface area (Å²) in [7, 11) is 3.21. The number of likely N-dealkylation sites (N-methyl/N-ethyl adjacent to an activating group) is 1. The third-order valence-electron chi connectivity index (χ3n) is 3.30. The van der Waals surface area contributed by atoms with Crippen molar-refractivity contribution < 1.29 is 19.0 Å². The lowest BCUT2D eigenvalue weighted by Gasteiger charge is -2.20. The van der Waals surface area contributed by atoms with Gasteiger partial charge in [0.05, 0.1) is 13.2 Å². The summed E-state index contributed by atoms with van der Waals surface area (Å²) in [6.45, 7) is 0.897. The Balaban J connectivity index is 1.98. The molecule has 0 amide bonds. The average molecular weight is 323 g/mol. The number of rotatable bonds is 6. The topological polar surface area (TPSA) is 49.8 Å². The van der Waals surface area contributed by atoms with Crippen LogP contribution in [0.15, 0.2) is 35.7 Å². The highest BCUT2D eigenvalue weighted by molar-refractivity contribution is 7.12. The zero-order valence-electron chi connectivity index (χ0n) is 12.5. The van der Waals surface area contributed by atoms with E-state index in [1.54, 1.807) is 12.1 Å². The number of esters is 1. The maximum atomic E-state index is 12.9. The second-order valence-corrected chi connectivity index (χ2v) is 5.95. The van der Waals surface area contributed by atoms with E-state index in [0.29, 0.717) is 23.5 Å². The van der Waals surface area contributed by atoms with Crippen molar-refractivity contribution in [3.8, 4) is 0 Å². The van der Waals surface area contributed by atoms with E-state index < -0.39 is 6.10 Å². The minimum Gasteiger partial charge on any atom is -0.465 e. The fourth-order valence-corrected chi connectivity index (χ4v) is 3.00. The third kappa shape index (κ3) is 4.13. The van der Waals surface area contributed by atoms with Crippen molar-refractivity contribution in [2.75, 3.05) is 20.7 Å². The molecule has 0 aliphatic rings. The number of thiophene rings is 1. The number of halogens is 1. The molecule has 118 valence electrons. The molecule has 1 aromatic heterocycles. The Morgan fingerprint density at radius 1 is 1.36 bits per heavy atom. The van der Waals surface area contributed by atoms with Gasteiger partial charge in [0.25, 0.3) is 0 Å². The standard InChI is InChI=1S/C16H18FNO3S/c1-18(9-12-7-8-22-15(12)16(20)21-2)10-14(19)11-3-5-13(17)6-4-11/h3-8,14,19H,9-10H2,1-2H3. The third-order valence-corrected chi connectivity index (χ3v) is 4.23. The van der Waals surface area contributed by atoms with Gasteiger partial charge in [0.1, 0.15) is 10.7 Å². The minimum atomic E-state index is -0.717. The van der Waals surface area contributed by atoms with Crippen molar-refractivity contribution in [1.82, 2.24) is 4.90 Å². The lowest BCUT2D eigenvalue weighted by molar-refractivity contribution is 0.0604. The van der Waals surface area contributed by atoms with Crippen LogP contribution in [-0.2, 0) is 11.3 Å². The molecule has 1 atom stereocenters. The highest BCUT2D eigenvalue weighted by Crippen LogP contribution is 2.21. The molecule has 2 rings (SSSR count). The van der Waals surface area contributed by atoms with Gasteiger partial charge in [-0.1, -0.05) is 12.1 Å². The monoisotopic (exact) mass is 323 g/mol. The summed E-state index contributed by atoms with van der Waals surface area (Å²) in [6.07, 6.45) is -0.717. The van der Waals surface area contributed by atoms with Gasteiger partial charge < -0.3 is 9.84 Å². The quantitative estimate of drug-likeness (QED) is 0.831. The van der Waals surface area contributed by atoms with Crippen LogP contribution in [0, 0.1) is 5.82 Å². The molecule has 0 radical (unpaired) electrons. The maximum absolute atomic E-state index is 12.9. The van der Waals surface area contributed by atoms with Gasteiger partial charge in [-0.05, 0) is 41.8 Å². The molecule has 1 N–H and O–H groups in total. The van der Waals surface area contributed by atoms with Gasteiger partial charge >= 0.3 is 5.97 Å². The summed E-state index contributed by atoms with van der Waals surface area (Å²) in [5.74, 6) is -0.678. The van der Waals surface area contributed by atoms with Crippen LogP contribution in [0.1, 0.15) is 26.9 Å². The molecule has 0 aliphatic carbocycles. The number of nitrogens with zero attached hydrogens (tertiary/aromatic N) is 1. The molecule has 0 saturated heterocycles. The molecule has 1 aromatic carbocycles. The molecule has 0 spiro atoms. The van der Waals surface area contributed by atoms with Crippen LogP contribution in [0.2, 0.25) is 0 Å². The molecule has 1 unspecified atom stereocenters. The Morgan fingerprint density at radius 2 is 2.05 bits per heavy atom. The first kappa shape index (κ1) is 16.6.